The number of ether oxygens (including phenoxy) is 1. The first-order chi connectivity index (χ1) is 13.6. The predicted molar refractivity (Wildman–Crippen MR) is 111 cm³/mol. The lowest BCUT2D eigenvalue weighted by molar-refractivity contribution is -0.118. The molecule has 3 rings (SSSR count). The van der Waals surface area contributed by atoms with Crippen molar-refractivity contribution in [1.29, 1.82) is 0 Å². The molecule has 0 unspecified atom stereocenters. The van der Waals surface area contributed by atoms with Crippen molar-refractivity contribution in [3.05, 3.63) is 59.7 Å². The number of likely N-dealkylation sites (tertiary alicyclic amines) is 1. The Balaban J connectivity index is 1.65. The molecule has 0 spiro atoms. The van der Waals surface area contributed by atoms with Crippen LogP contribution in [-0.4, -0.2) is 36.4 Å². The SMILES string of the molecule is CC(C)c1ccccc1OCC(=O)Nc1ccccc1C(=O)N1CCCCC1. The minimum Gasteiger partial charge on any atom is -0.483 e. The Hall–Kier alpha value is -2.82. The average Bonchev–Trinajstić information content (AvgIpc) is 2.73. The second kappa shape index (κ2) is 9.40. The van der Waals surface area contributed by atoms with Crippen molar-refractivity contribution in [2.24, 2.45) is 0 Å². The van der Waals surface area contributed by atoms with Crippen molar-refractivity contribution in [3.63, 3.8) is 0 Å². The van der Waals surface area contributed by atoms with Gasteiger partial charge in [0.25, 0.3) is 11.8 Å². The lowest BCUT2D eigenvalue weighted by atomic mass is 10.0. The van der Waals surface area contributed by atoms with Crippen molar-refractivity contribution < 1.29 is 14.3 Å². The molecule has 1 N–H and O–H groups in total. The Bertz CT molecular complexity index is 826. The second-order valence-electron chi connectivity index (χ2n) is 7.43. The molecule has 2 amide bonds. The summed E-state index contributed by atoms with van der Waals surface area (Å²) in [5.74, 6) is 0.714. The standard InChI is InChI=1S/C23H28N2O3/c1-17(2)18-10-5-7-13-21(18)28-16-22(26)24-20-12-6-4-11-19(20)23(27)25-14-8-3-9-15-25/h4-7,10-13,17H,3,8-9,14-16H2,1-2H3,(H,24,26). The lowest BCUT2D eigenvalue weighted by Crippen LogP contribution is -2.36. The first-order valence-electron chi connectivity index (χ1n) is 9.96. The van der Waals surface area contributed by atoms with Gasteiger partial charge in [0.2, 0.25) is 0 Å². The second-order valence-corrected chi connectivity index (χ2v) is 7.43. The molecule has 0 aliphatic carbocycles. The van der Waals surface area contributed by atoms with Crippen molar-refractivity contribution in [2.45, 2.75) is 39.0 Å². The van der Waals surface area contributed by atoms with Gasteiger partial charge >= 0.3 is 0 Å². The minimum atomic E-state index is -0.280. The number of anilines is 1. The smallest absolute Gasteiger partial charge is 0.262 e. The van der Waals surface area contributed by atoms with E-state index >= 15 is 0 Å². The van der Waals surface area contributed by atoms with E-state index in [-0.39, 0.29) is 18.4 Å². The van der Waals surface area contributed by atoms with Crippen molar-refractivity contribution in [3.8, 4) is 5.75 Å². The number of piperidine rings is 1. The van der Waals surface area contributed by atoms with Crippen LogP contribution in [-0.2, 0) is 4.79 Å². The van der Waals surface area contributed by atoms with E-state index in [9.17, 15) is 9.59 Å². The minimum absolute atomic E-state index is 0.0262. The van der Waals surface area contributed by atoms with Crippen LogP contribution in [0, 0.1) is 0 Å². The van der Waals surface area contributed by atoms with Gasteiger partial charge in [-0.2, -0.15) is 0 Å². The van der Waals surface area contributed by atoms with Gasteiger partial charge < -0.3 is 15.0 Å². The van der Waals surface area contributed by atoms with Gasteiger partial charge in [-0.1, -0.05) is 44.2 Å². The van der Waals surface area contributed by atoms with Gasteiger partial charge in [-0.25, -0.2) is 0 Å². The fourth-order valence-corrected chi connectivity index (χ4v) is 3.46. The monoisotopic (exact) mass is 380 g/mol. The molecule has 1 fully saturated rings. The number of nitrogens with zero attached hydrogens (tertiary/aromatic N) is 1. The van der Waals surface area contributed by atoms with Gasteiger partial charge in [0.05, 0.1) is 11.3 Å². The van der Waals surface area contributed by atoms with Crippen LogP contribution in [0.3, 0.4) is 0 Å². The summed E-state index contributed by atoms with van der Waals surface area (Å²) in [7, 11) is 0. The van der Waals surface area contributed by atoms with Gasteiger partial charge in [-0.3, -0.25) is 9.59 Å². The third kappa shape index (κ3) is 4.91. The predicted octanol–water partition coefficient (Wildman–Crippen LogP) is 4.45. The van der Waals surface area contributed by atoms with E-state index in [0.29, 0.717) is 22.9 Å². The number of benzene rings is 2. The maximum atomic E-state index is 12.8. The highest BCUT2D eigenvalue weighted by Gasteiger charge is 2.21. The highest BCUT2D eigenvalue weighted by atomic mass is 16.5. The van der Waals surface area contributed by atoms with Crippen LogP contribution in [0.15, 0.2) is 48.5 Å². The van der Waals surface area contributed by atoms with Crippen molar-refractivity contribution >= 4 is 17.5 Å². The largest absolute Gasteiger partial charge is 0.483 e. The molecule has 2 aromatic rings. The zero-order valence-electron chi connectivity index (χ0n) is 16.6. The average molecular weight is 380 g/mol. The molecule has 0 aromatic heterocycles. The van der Waals surface area contributed by atoms with Crippen LogP contribution in [0.4, 0.5) is 5.69 Å². The molecular weight excluding hydrogens is 352 g/mol. The summed E-state index contributed by atoms with van der Waals surface area (Å²) in [4.78, 5) is 27.2. The summed E-state index contributed by atoms with van der Waals surface area (Å²) in [6.07, 6.45) is 3.23. The summed E-state index contributed by atoms with van der Waals surface area (Å²) < 4.78 is 5.74. The van der Waals surface area contributed by atoms with E-state index in [1.165, 1.54) is 0 Å². The number of carbonyl (C=O) groups excluding carboxylic acids is 2. The number of carbonyl (C=O) groups is 2. The van der Waals surface area contributed by atoms with Crippen LogP contribution < -0.4 is 10.1 Å². The van der Waals surface area contributed by atoms with Gasteiger partial charge in [-0.15, -0.1) is 0 Å². The number of hydrogen-bond donors (Lipinski definition) is 1. The Labute approximate surface area is 166 Å². The van der Waals surface area contributed by atoms with Crippen molar-refractivity contribution in [1.82, 2.24) is 4.90 Å². The van der Waals surface area contributed by atoms with E-state index in [1.807, 2.05) is 41.3 Å². The fraction of sp³-hybridized carbons (Fsp3) is 0.391. The van der Waals surface area contributed by atoms with Crippen LogP contribution in [0.2, 0.25) is 0 Å². The number of rotatable bonds is 6. The molecule has 1 heterocycles. The first-order valence-corrected chi connectivity index (χ1v) is 9.96. The molecule has 0 bridgehead atoms. The van der Waals surface area contributed by atoms with Crippen LogP contribution >= 0.6 is 0 Å². The van der Waals surface area contributed by atoms with Gasteiger partial charge in [0.1, 0.15) is 5.75 Å². The molecule has 1 saturated heterocycles. The topological polar surface area (TPSA) is 58.6 Å². The van der Waals surface area contributed by atoms with E-state index in [1.54, 1.807) is 12.1 Å². The Morgan fingerprint density at radius 2 is 1.68 bits per heavy atom. The zero-order chi connectivity index (χ0) is 19.9. The third-order valence-corrected chi connectivity index (χ3v) is 4.97. The van der Waals surface area contributed by atoms with Crippen molar-refractivity contribution in [2.75, 3.05) is 25.0 Å². The summed E-state index contributed by atoms with van der Waals surface area (Å²) in [5.41, 5.74) is 2.13. The van der Waals surface area contributed by atoms with Gasteiger partial charge in [0, 0.05) is 13.1 Å². The van der Waals surface area contributed by atoms with Crippen LogP contribution in [0.25, 0.3) is 0 Å². The molecular formula is C23H28N2O3. The molecule has 28 heavy (non-hydrogen) atoms. The molecule has 0 atom stereocenters. The maximum Gasteiger partial charge on any atom is 0.262 e. The maximum absolute atomic E-state index is 12.8. The number of para-hydroxylation sites is 2. The Kier molecular flexibility index (Phi) is 6.69. The summed E-state index contributed by atoms with van der Waals surface area (Å²) in [6, 6.07) is 14.9. The van der Waals surface area contributed by atoms with E-state index in [4.69, 9.17) is 4.74 Å². The Morgan fingerprint density at radius 1 is 1.00 bits per heavy atom. The molecule has 0 radical (unpaired) electrons. The van der Waals surface area contributed by atoms with Crippen LogP contribution in [0.1, 0.15) is 54.9 Å². The molecule has 5 nitrogen and oxygen atoms in total. The Morgan fingerprint density at radius 3 is 2.43 bits per heavy atom. The summed E-state index contributed by atoms with van der Waals surface area (Å²) >= 11 is 0. The fourth-order valence-electron chi connectivity index (χ4n) is 3.46. The normalized spacial score (nSPS) is 14.0. The highest BCUT2D eigenvalue weighted by molar-refractivity contribution is 6.04. The van der Waals surface area contributed by atoms with E-state index < -0.39 is 0 Å². The first kappa shape index (κ1) is 19.9. The number of nitrogens with one attached hydrogen (secondary N) is 1. The summed E-state index contributed by atoms with van der Waals surface area (Å²) in [6.45, 7) is 5.62. The third-order valence-electron chi connectivity index (χ3n) is 4.97. The molecule has 5 heteroatoms. The molecule has 2 aromatic carbocycles. The molecule has 148 valence electrons. The summed E-state index contributed by atoms with van der Waals surface area (Å²) in [5, 5.41) is 2.84. The lowest BCUT2D eigenvalue weighted by Gasteiger charge is -2.27. The van der Waals surface area contributed by atoms with E-state index in [2.05, 4.69) is 19.2 Å². The highest BCUT2D eigenvalue weighted by Crippen LogP contribution is 2.26. The molecule has 1 aliphatic rings. The van der Waals surface area contributed by atoms with Gasteiger partial charge in [-0.05, 0) is 48.9 Å². The zero-order valence-corrected chi connectivity index (χ0v) is 16.6. The number of amides is 2. The van der Waals surface area contributed by atoms with Gasteiger partial charge in [0.15, 0.2) is 6.61 Å². The van der Waals surface area contributed by atoms with Crippen LogP contribution in [0.5, 0.6) is 5.75 Å². The molecule has 0 saturated carbocycles. The number of hydrogen-bond acceptors (Lipinski definition) is 3. The quantitative estimate of drug-likeness (QED) is 0.805. The van der Waals surface area contributed by atoms with E-state index in [0.717, 1.165) is 37.9 Å². The molecule has 1 aliphatic heterocycles.